The van der Waals surface area contributed by atoms with E-state index in [4.69, 9.17) is 10.8 Å². The van der Waals surface area contributed by atoms with Crippen LogP contribution in [0, 0.1) is 12.8 Å². The second-order valence-electron chi connectivity index (χ2n) is 5.26. The molecule has 0 amide bonds. The molecule has 5 heteroatoms. The third kappa shape index (κ3) is 4.06. The predicted molar refractivity (Wildman–Crippen MR) is 81.3 cm³/mol. The fourth-order valence-corrected chi connectivity index (χ4v) is 2.14. The summed E-state index contributed by atoms with van der Waals surface area (Å²) in [4.78, 5) is 11.5. The summed E-state index contributed by atoms with van der Waals surface area (Å²) in [7, 11) is 0. The smallest absolute Gasteiger partial charge is 0.148 e. The number of hydrogen-bond acceptors (Lipinski definition) is 5. The maximum absolute atomic E-state index is 5.57. The Balaban J connectivity index is 3.18. The van der Waals surface area contributed by atoms with E-state index in [1.165, 1.54) is 0 Å². The minimum Gasteiger partial charge on any atom is -0.356 e. The van der Waals surface area contributed by atoms with Gasteiger partial charge in [0.05, 0.1) is 0 Å². The number of hydrazine groups is 1. The minimum atomic E-state index is 0.596. The Morgan fingerprint density at radius 1 is 1.26 bits per heavy atom. The lowest BCUT2D eigenvalue weighted by Gasteiger charge is -2.26. The summed E-state index contributed by atoms with van der Waals surface area (Å²) in [5, 5.41) is 0. The Hall–Kier alpha value is -1.36. The van der Waals surface area contributed by atoms with E-state index in [0.29, 0.717) is 5.92 Å². The molecule has 0 saturated carbocycles. The first-order chi connectivity index (χ1) is 9.03. The zero-order chi connectivity index (χ0) is 14.4. The van der Waals surface area contributed by atoms with Crippen molar-refractivity contribution in [3.05, 3.63) is 11.4 Å². The van der Waals surface area contributed by atoms with E-state index in [1.54, 1.807) is 0 Å². The standard InChI is InChI=1S/C14H27N5/c1-6-8-12-16-13(18-15)11(5)14(17-12)19(7-2)9-10(3)4/h10H,6-9,15H2,1-5H3,(H,16,17,18). The van der Waals surface area contributed by atoms with Crippen LogP contribution in [0.2, 0.25) is 0 Å². The molecule has 0 aliphatic heterocycles. The Kier molecular flexibility index (Phi) is 6.02. The molecule has 0 aromatic carbocycles. The van der Waals surface area contributed by atoms with Gasteiger partial charge in [0.2, 0.25) is 0 Å². The monoisotopic (exact) mass is 265 g/mol. The number of rotatable bonds is 7. The van der Waals surface area contributed by atoms with Crippen molar-refractivity contribution in [1.29, 1.82) is 0 Å². The zero-order valence-electron chi connectivity index (χ0n) is 12.8. The van der Waals surface area contributed by atoms with E-state index in [-0.39, 0.29) is 0 Å². The van der Waals surface area contributed by atoms with Crippen LogP contribution < -0.4 is 16.2 Å². The zero-order valence-corrected chi connectivity index (χ0v) is 12.8. The van der Waals surface area contributed by atoms with Gasteiger partial charge in [0.15, 0.2) is 0 Å². The van der Waals surface area contributed by atoms with Crippen LogP contribution in [0.3, 0.4) is 0 Å². The molecule has 1 heterocycles. The first-order valence-electron chi connectivity index (χ1n) is 7.12. The quantitative estimate of drug-likeness (QED) is 0.585. The summed E-state index contributed by atoms with van der Waals surface area (Å²) >= 11 is 0. The molecule has 0 aliphatic carbocycles. The first kappa shape index (κ1) is 15.7. The molecule has 0 saturated heterocycles. The van der Waals surface area contributed by atoms with Crippen LogP contribution >= 0.6 is 0 Å². The van der Waals surface area contributed by atoms with Gasteiger partial charge in [-0.25, -0.2) is 15.8 Å². The van der Waals surface area contributed by atoms with Crippen LogP contribution in [0.5, 0.6) is 0 Å². The van der Waals surface area contributed by atoms with Crippen LogP contribution in [0.25, 0.3) is 0 Å². The van der Waals surface area contributed by atoms with Gasteiger partial charge < -0.3 is 10.3 Å². The maximum Gasteiger partial charge on any atom is 0.148 e. The van der Waals surface area contributed by atoms with E-state index >= 15 is 0 Å². The number of hydrogen-bond donors (Lipinski definition) is 2. The van der Waals surface area contributed by atoms with Crippen molar-refractivity contribution < 1.29 is 0 Å². The molecule has 0 aliphatic rings. The van der Waals surface area contributed by atoms with Gasteiger partial charge in [0.1, 0.15) is 17.5 Å². The first-order valence-corrected chi connectivity index (χ1v) is 7.12. The molecular weight excluding hydrogens is 238 g/mol. The second-order valence-corrected chi connectivity index (χ2v) is 5.26. The lowest BCUT2D eigenvalue weighted by Crippen LogP contribution is -2.30. The summed E-state index contributed by atoms with van der Waals surface area (Å²) in [6.45, 7) is 12.7. The molecule has 0 bridgehead atoms. The van der Waals surface area contributed by atoms with E-state index in [2.05, 4.69) is 43.0 Å². The van der Waals surface area contributed by atoms with Crippen molar-refractivity contribution >= 4 is 11.6 Å². The summed E-state index contributed by atoms with van der Waals surface area (Å²) < 4.78 is 0. The average Bonchev–Trinajstić information content (AvgIpc) is 2.38. The largest absolute Gasteiger partial charge is 0.356 e. The third-order valence-electron chi connectivity index (χ3n) is 3.04. The summed E-state index contributed by atoms with van der Waals surface area (Å²) in [6.07, 6.45) is 1.91. The van der Waals surface area contributed by atoms with Crippen LogP contribution in [0.1, 0.15) is 45.5 Å². The van der Waals surface area contributed by atoms with E-state index in [1.807, 2.05) is 6.92 Å². The Morgan fingerprint density at radius 3 is 2.42 bits per heavy atom. The maximum atomic E-state index is 5.57. The SMILES string of the molecule is CCCc1nc(NN)c(C)c(N(CC)CC(C)C)n1. The molecular formula is C14H27N5. The molecule has 1 aromatic rings. The predicted octanol–water partition coefficient (Wildman–Crippen LogP) is 2.51. The molecule has 1 rings (SSSR count). The molecule has 5 nitrogen and oxygen atoms in total. The Morgan fingerprint density at radius 2 is 1.95 bits per heavy atom. The number of nitrogens with one attached hydrogen (secondary N) is 1. The molecule has 1 aromatic heterocycles. The van der Waals surface area contributed by atoms with Gasteiger partial charge in [-0.1, -0.05) is 20.8 Å². The highest BCUT2D eigenvalue weighted by molar-refractivity contribution is 5.58. The van der Waals surface area contributed by atoms with Crippen molar-refractivity contribution in [2.45, 2.75) is 47.5 Å². The fourth-order valence-electron chi connectivity index (χ4n) is 2.14. The Labute approximate surface area is 116 Å². The lowest BCUT2D eigenvalue weighted by atomic mass is 10.2. The number of nitrogens with zero attached hydrogens (tertiary/aromatic N) is 3. The molecule has 0 atom stereocenters. The molecule has 19 heavy (non-hydrogen) atoms. The normalized spacial score (nSPS) is 10.9. The van der Waals surface area contributed by atoms with Crippen LogP contribution in [-0.2, 0) is 6.42 Å². The molecule has 108 valence electrons. The van der Waals surface area contributed by atoms with Crippen LogP contribution in [0.4, 0.5) is 11.6 Å². The molecule has 0 fully saturated rings. The van der Waals surface area contributed by atoms with Crippen molar-refractivity contribution in [1.82, 2.24) is 9.97 Å². The number of nitrogen functional groups attached to an aromatic ring is 1. The second kappa shape index (κ2) is 7.28. The van der Waals surface area contributed by atoms with Gasteiger partial charge in [0, 0.05) is 25.1 Å². The van der Waals surface area contributed by atoms with Gasteiger partial charge in [0.25, 0.3) is 0 Å². The van der Waals surface area contributed by atoms with E-state index in [0.717, 1.165) is 49.0 Å². The molecule has 0 unspecified atom stereocenters. The van der Waals surface area contributed by atoms with Gasteiger partial charge in [-0.2, -0.15) is 0 Å². The summed E-state index contributed by atoms with van der Waals surface area (Å²) in [5.41, 5.74) is 3.71. The Bertz CT molecular complexity index is 403. The number of nitrogens with two attached hydrogens (primary N) is 1. The highest BCUT2D eigenvalue weighted by atomic mass is 15.3. The number of anilines is 2. The number of aromatic nitrogens is 2. The van der Waals surface area contributed by atoms with Crippen molar-refractivity contribution in [2.24, 2.45) is 11.8 Å². The highest BCUT2D eigenvalue weighted by Gasteiger charge is 2.16. The fraction of sp³-hybridized carbons (Fsp3) is 0.714. The third-order valence-corrected chi connectivity index (χ3v) is 3.04. The van der Waals surface area contributed by atoms with Gasteiger partial charge in [-0.3, -0.25) is 0 Å². The lowest BCUT2D eigenvalue weighted by molar-refractivity contribution is 0.611. The van der Waals surface area contributed by atoms with Crippen molar-refractivity contribution in [2.75, 3.05) is 23.4 Å². The van der Waals surface area contributed by atoms with Gasteiger partial charge in [-0.05, 0) is 26.2 Å². The van der Waals surface area contributed by atoms with Crippen molar-refractivity contribution in [3.8, 4) is 0 Å². The van der Waals surface area contributed by atoms with Gasteiger partial charge in [-0.15, -0.1) is 0 Å². The number of aryl methyl sites for hydroxylation is 1. The van der Waals surface area contributed by atoms with E-state index < -0.39 is 0 Å². The van der Waals surface area contributed by atoms with E-state index in [9.17, 15) is 0 Å². The molecule has 3 N–H and O–H groups in total. The van der Waals surface area contributed by atoms with Gasteiger partial charge >= 0.3 is 0 Å². The average molecular weight is 265 g/mol. The molecule has 0 spiro atoms. The minimum absolute atomic E-state index is 0.596. The van der Waals surface area contributed by atoms with Crippen LogP contribution in [0.15, 0.2) is 0 Å². The summed E-state index contributed by atoms with van der Waals surface area (Å²) in [5.74, 6) is 8.76. The summed E-state index contributed by atoms with van der Waals surface area (Å²) in [6, 6.07) is 0. The highest BCUT2D eigenvalue weighted by Crippen LogP contribution is 2.24. The topological polar surface area (TPSA) is 67.1 Å². The molecule has 0 radical (unpaired) electrons. The van der Waals surface area contributed by atoms with Crippen molar-refractivity contribution in [3.63, 3.8) is 0 Å². The van der Waals surface area contributed by atoms with Crippen LogP contribution in [-0.4, -0.2) is 23.1 Å².